The van der Waals surface area contributed by atoms with E-state index in [9.17, 15) is 9.59 Å². The van der Waals surface area contributed by atoms with Crippen molar-refractivity contribution in [3.8, 4) is 0 Å². The number of carboxylic acids is 1. The van der Waals surface area contributed by atoms with E-state index in [-0.39, 0.29) is 12.2 Å². The average Bonchev–Trinajstić information content (AvgIpc) is 1.84. The zero-order chi connectivity index (χ0) is 9.56. The lowest BCUT2D eigenvalue weighted by atomic mass is 10.2. The van der Waals surface area contributed by atoms with E-state index >= 15 is 0 Å². The first-order chi connectivity index (χ1) is 5.56. The zero-order valence-electron chi connectivity index (χ0n) is 6.82. The number of ether oxygens (including phenoxy) is 1. The fourth-order valence-corrected chi connectivity index (χ4v) is 1.04. The summed E-state index contributed by atoms with van der Waals surface area (Å²) in [7, 11) is 0. The third kappa shape index (κ3) is 6.18. The number of hydrogen-bond acceptors (Lipinski definition) is 4. The van der Waals surface area contributed by atoms with Gasteiger partial charge in [-0.25, -0.2) is 0 Å². The van der Waals surface area contributed by atoms with E-state index in [0.29, 0.717) is 6.61 Å². The van der Waals surface area contributed by atoms with Crippen LogP contribution in [0.2, 0.25) is 0 Å². The van der Waals surface area contributed by atoms with Gasteiger partial charge in [0, 0.05) is 13.0 Å². The molecule has 12 heavy (non-hydrogen) atoms. The highest BCUT2D eigenvalue weighted by Crippen LogP contribution is 2.05. The van der Waals surface area contributed by atoms with Gasteiger partial charge in [0.05, 0.1) is 0 Å². The summed E-state index contributed by atoms with van der Waals surface area (Å²) in [4.78, 5) is 20.9. The Morgan fingerprint density at radius 3 is 2.58 bits per heavy atom. The molecule has 0 spiro atoms. The maximum atomic E-state index is 10.8. The van der Waals surface area contributed by atoms with Gasteiger partial charge in [-0.15, -0.1) is 12.6 Å². The summed E-state index contributed by atoms with van der Waals surface area (Å²) in [5.41, 5.74) is -0.484. The lowest BCUT2D eigenvalue weighted by Gasteiger charge is -2.07. The number of carbonyl (C=O) groups is 2. The predicted molar refractivity (Wildman–Crippen MR) is 46.3 cm³/mol. The van der Waals surface area contributed by atoms with Crippen molar-refractivity contribution in [3.05, 3.63) is 0 Å². The molecule has 0 heterocycles. The number of aliphatic carboxylic acids is 1. The zero-order valence-corrected chi connectivity index (χ0v) is 7.71. The molecule has 0 aromatic rings. The molecule has 0 aliphatic carbocycles. The molecule has 1 unspecified atom stereocenters. The second-order valence-corrected chi connectivity index (χ2v) is 2.80. The smallest absolute Gasteiger partial charge is 0.310 e. The molecule has 0 aromatic carbocycles. The van der Waals surface area contributed by atoms with Crippen molar-refractivity contribution in [1.82, 2.24) is 0 Å². The molecule has 0 bridgehead atoms. The third-order valence-corrected chi connectivity index (χ3v) is 1.44. The van der Waals surface area contributed by atoms with E-state index in [1.165, 1.54) is 0 Å². The molecule has 5 heteroatoms. The van der Waals surface area contributed by atoms with Crippen LogP contribution in [0.4, 0.5) is 0 Å². The van der Waals surface area contributed by atoms with Crippen LogP contribution in [0.5, 0.6) is 0 Å². The summed E-state index contributed by atoms with van der Waals surface area (Å²) in [6, 6.07) is 0. The summed E-state index contributed by atoms with van der Waals surface area (Å²) in [5.74, 6) is -1.48. The Balaban J connectivity index is 3.61. The van der Waals surface area contributed by atoms with Crippen LogP contribution in [0.3, 0.4) is 0 Å². The van der Waals surface area contributed by atoms with Gasteiger partial charge < -0.3 is 9.84 Å². The maximum absolute atomic E-state index is 10.8. The summed E-state index contributed by atoms with van der Waals surface area (Å²) in [5, 5.41) is 8.24. The van der Waals surface area contributed by atoms with Crippen molar-refractivity contribution in [1.29, 1.82) is 0 Å². The molecular weight excluding hydrogens is 180 g/mol. The molecule has 0 amide bonds. The molecule has 1 N–H and O–H groups in total. The van der Waals surface area contributed by atoms with Gasteiger partial charge in [-0.2, -0.15) is 0 Å². The number of Topliss-reactive ketones (excluding diaryl/α,β-unsaturated/α-hetero) is 1. The predicted octanol–water partition coefficient (Wildman–Crippen LogP) is 0.713. The van der Waals surface area contributed by atoms with Crippen molar-refractivity contribution < 1.29 is 19.4 Å². The van der Waals surface area contributed by atoms with Crippen LogP contribution in [0, 0.1) is 0 Å². The van der Waals surface area contributed by atoms with Gasteiger partial charge in [0.2, 0.25) is 0 Å². The lowest BCUT2D eigenvalue weighted by Crippen LogP contribution is -2.14. The monoisotopic (exact) mass is 192 g/mol. The highest BCUT2D eigenvalue weighted by Gasteiger charge is 2.12. The number of carboxylic acid groups (broad SMARTS) is 1. The van der Waals surface area contributed by atoms with Gasteiger partial charge in [-0.1, -0.05) is 0 Å². The van der Waals surface area contributed by atoms with Gasteiger partial charge in [0.25, 0.3) is 0 Å². The quantitative estimate of drug-likeness (QED) is 0.369. The Bertz CT molecular complexity index is 169. The molecule has 0 fully saturated rings. The number of ketones is 1. The van der Waals surface area contributed by atoms with Crippen molar-refractivity contribution in [2.24, 2.45) is 0 Å². The molecule has 1 atom stereocenters. The second kappa shape index (κ2) is 6.02. The Morgan fingerprint density at radius 1 is 1.58 bits per heavy atom. The average molecular weight is 192 g/mol. The van der Waals surface area contributed by atoms with Crippen LogP contribution in [0.15, 0.2) is 0 Å². The lowest BCUT2D eigenvalue weighted by molar-refractivity contribution is -0.140. The van der Waals surface area contributed by atoms with Gasteiger partial charge >= 0.3 is 5.97 Å². The van der Waals surface area contributed by atoms with E-state index < -0.39 is 17.8 Å². The molecule has 0 aliphatic rings. The van der Waals surface area contributed by atoms with Gasteiger partial charge in [0.1, 0.15) is 17.6 Å². The Labute approximate surface area is 76.3 Å². The first-order valence-corrected chi connectivity index (χ1v) is 4.11. The number of hydrogen-bond donors (Lipinski definition) is 2. The number of thiol groups is 1. The molecule has 70 valence electrons. The first kappa shape index (κ1) is 11.4. The molecule has 0 saturated heterocycles. The number of rotatable bonds is 6. The first-order valence-electron chi connectivity index (χ1n) is 3.59. The molecule has 0 saturated carbocycles. The summed E-state index contributed by atoms with van der Waals surface area (Å²) >= 11 is 3.94. The van der Waals surface area contributed by atoms with Gasteiger partial charge in [-0.3, -0.25) is 9.59 Å². The van der Waals surface area contributed by atoms with Crippen LogP contribution in [-0.2, 0) is 14.3 Å². The van der Waals surface area contributed by atoms with Crippen LogP contribution in [-0.4, -0.2) is 28.9 Å². The highest BCUT2D eigenvalue weighted by atomic mass is 32.1. The van der Waals surface area contributed by atoms with E-state index in [4.69, 9.17) is 9.84 Å². The van der Waals surface area contributed by atoms with E-state index in [1.54, 1.807) is 6.92 Å². The van der Waals surface area contributed by atoms with Crippen LogP contribution >= 0.6 is 12.6 Å². The molecule has 0 aliphatic heterocycles. The number of carbonyl (C=O) groups excluding carboxylic acids is 1. The minimum Gasteiger partial charge on any atom is -0.481 e. The molecule has 0 rings (SSSR count). The van der Waals surface area contributed by atoms with Crippen molar-refractivity contribution in [2.75, 3.05) is 6.61 Å². The van der Waals surface area contributed by atoms with Gasteiger partial charge in [0.15, 0.2) is 0 Å². The summed E-state index contributed by atoms with van der Waals surface area (Å²) in [6.45, 7) is 2.25. The molecule has 0 radical (unpaired) electrons. The fourth-order valence-electron chi connectivity index (χ4n) is 0.687. The van der Waals surface area contributed by atoms with Crippen LogP contribution in [0.25, 0.3) is 0 Å². The highest BCUT2D eigenvalue weighted by molar-refractivity contribution is 7.80. The second-order valence-electron chi connectivity index (χ2n) is 2.22. The summed E-state index contributed by atoms with van der Waals surface area (Å²) in [6.07, 6.45) is -0.409. The summed E-state index contributed by atoms with van der Waals surface area (Å²) < 4.78 is 4.94. The van der Waals surface area contributed by atoms with Crippen LogP contribution < -0.4 is 0 Å². The fraction of sp³-hybridized carbons (Fsp3) is 0.714. The minimum atomic E-state index is -1.11. The van der Waals surface area contributed by atoms with E-state index in [0.717, 1.165) is 0 Å². The molecule has 4 nitrogen and oxygen atoms in total. The Hall–Kier alpha value is -0.550. The minimum absolute atomic E-state index is 0.0449. The van der Waals surface area contributed by atoms with Crippen molar-refractivity contribution >= 4 is 24.4 Å². The topological polar surface area (TPSA) is 63.6 Å². The SMILES string of the molecule is CCOC(S)CC(=O)CC(=O)O. The third-order valence-electron chi connectivity index (χ3n) is 1.11. The maximum Gasteiger partial charge on any atom is 0.310 e. The largest absolute Gasteiger partial charge is 0.481 e. The standard InChI is InChI=1S/C7H12O4S/c1-2-11-7(12)4-5(8)3-6(9)10/h7,12H,2-4H2,1H3,(H,9,10). The van der Waals surface area contributed by atoms with E-state index in [1.807, 2.05) is 0 Å². The van der Waals surface area contributed by atoms with Crippen molar-refractivity contribution in [2.45, 2.75) is 25.2 Å². The molecule has 0 aromatic heterocycles. The van der Waals surface area contributed by atoms with Crippen molar-refractivity contribution in [3.63, 3.8) is 0 Å². The van der Waals surface area contributed by atoms with E-state index in [2.05, 4.69) is 12.6 Å². The molecular formula is C7H12O4S. The Morgan fingerprint density at radius 2 is 2.17 bits per heavy atom. The van der Waals surface area contributed by atoms with Crippen LogP contribution in [0.1, 0.15) is 19.8 Å². The Kier molecular flexibility index (Phi) is 5.74. The van der Waals surface area contributed by atoms with Gasteiger partial charge in [-0.05, 0) is 6.92 Å². The normalized spacial score (nSPS) is 12.5.